The summed E-state index contributed by atoms with van der Waals surface area (Å²) in [6, 6.07) is 28.2. The Kier molecular flexibility index (Phi) is 4.39. The van der Waals surface area contributed by atoms with E-state index >= 15 is 0 Å². The van der Waals surface area contributed by atoms with Gasteiger partial charge >= 0.3 is 6.09 Å². The van der Waals surface area contributed by atoms with Crippen LogP contribution in [0.2, 0.25) is 0 Å². The van der Waals surface area contributed by atoms with Crippen molar-refractivity contribution in [1.82, 2.24) is 0 Å². The second-order valence-electron chi connectivity index (χ2n) is 5.21. The van der Waals surface area contributed by atoms with Gasteiger partial charge in [0.1, 0.15) is 0 Å². The largest absolute Gasteiger partial charge is 0.465 e. The van der Waals surface area contributed by atoms with Crippen LogP contribution in [0.5, 0.6) is 0 Å². The van der Waals surface area contributed by atoms with E-state index in [1.165, 1.54) is 4.90 Å². The van der Waals surface area contributed by atoms with E-state index in [0.29, 0.717) is 5.69 Å². The van der Waals surface area contributed by atoms with Crippen molar-refractivity contribution in [2.75, 3.05) is 4.90 Å². The molecule has 3 aromatic rings. The van der Waals surface area contributed by atoms with Crippen molar-refractivity contribution in [1.29, 1.82) is 0 Å². The molecule has 1 N–H and O–H groups in total. The first-order valence-electron chi connectivity index (χ1n) is 7.44. The molecule has 0 heterocycles. The Morgan fingerprint density at radius 1 is 0.696 bits per heavy atom. The van der Waals surface area contributed by atoms with Gasteiger partial charge in [-0.3, -0.25) is 4.90 Å². The highest BCUT2D eigenvalue weighted by atomic mass is 16.4. The van der Waals surface area contributed by atoms with Crippen LogP contribution < -0.4 is 4.90 Å². The molecule has 3 heteroatoms. The lowest BCUT2D eigenvalue weighted by molar-refractivity contribution is 0.200. The van der Waals surface area contributed by atoms with Crippen LogP contribution in [0.4, 0.5) is 10.5 Å². The van der Waals surface area contributed by atoms with Crippen LogP contribution in [-0.2, 0) is 0 Å². The third kappa shape index (κ3) is 3.24. The van der Waals surface area contributed by atoms with E-state index < -0.39 is 12.1 Å². The smallest absolute Gasteiger partial charge is 0.412 e. The number of hydrogen-bond acceptors (Lipinski definition) is 1. The molecule has 0 aliphatic rings. The van der Waals surface area contributed by atoms with E-state index in [1.807, 2.05) is 91.0 Å². The number of carbonyl (C=O) groups is 1. The monoisotopic (exact) mass is 303 g/mol. The fraction of sp³-hybridized carbons (Fsp3) is 0.0500. The summed E-state index contributed by atoms with van der Waals surface area (Å²) in [7, 11) is 0. The second-order valence-corrected chi connectivity index (χ2v) is 5.21. The highest BCUT2D eigenvalue weighted by molar-refractivity contribution is 5.87. The Hall–Kier alpha value is -3.07. The summed E-state index contributed by atoms with van der Waals surface area (Å²) < 4.78 is 0. The molecule has 3 aromatic carbocycles. The molecule has 0 atom stereocenters. The minimum Gasteiger partial charge on any atom is -0.465 e. The number of hydrogen-bond donors (Lipinski definition) is 1. The van der Waals surface area contributed by atoms with Crippen molar-refractivity contribution in [3.05, 3.63) is 102 Å². The number of rotatable bonds is 4. The first-order valence-corrected chi connectivity index (χ1v) is 7.44. The maximum atomic E-state index is 12.0. The Labute approximate surface area is 135 Å². The van der Waals surface area contributed by atoms with E-state index in [-0.39, 0.29) is 0 Å². The third-order valence-corrected chi connectivity index (χ3v) is 3.73. The van der Waals surface area contributed by atoms with Gasteiger partial charge in [-0.2, -0.15) is 0 Å². The van der Waals surface area contributed by atoms with Gasteiger partial charge in [-0.1, -0.05) is 78.9 Å². The summed E-state index contributed by atoms with van der Waals surface area (Å²) in [6.07, 6.45) is -0.978. The lowest BCUT2D eigenvalue weighted by Gasteiger charge is -2.30. The summed E-state index contributed by atoms with van der Waals surface area (Å²) >= 11 is 0. The summed E-state index contributed by atoms with van der Waals surface area (Å²) in [4.78, 5) is 13.4. The van der Waals surface area contributed by atoms with Gasteiger partial charge in [0.05, 0.1) is 6.04 Å². The molecule has 0 aliphatic heterocycles. The van der Waals surface area contributed by atoms with E-state index in [4.69, 9.17) is 0 Å². The fourth-order valence-electron chi connectivity index (χ4n) is 2.72. The van der Waals surface area contributed by atoms with Gasteiger partial charge in [0, 0.05) is 5.69 Å². The molecule has 0 fully saturated rings. The quantitative estimate of drug-likeness (QED) is 0.740. The van der Waals surface area contributed by atoms with E-state index in [0.717, 1.165) is 11.1 Å². The predicted molar refractivity (Wildman–Crippen MR) is 91.7 cm³/mol. The number of anilines is 1. The van der Waals surface area contributed by atoms with Crippen LogP contribution in [0, 0.1) is 0 Å². The maximum absolute atomic E-state index is 12.0. The zero-order chi connectivity index (χ0) is 16.1. The van der Waals surface area contributed by atoms with E-state index in [1.54, 1.807) is 0 Å². The molecule has 1 amide bonds. The average Bonchev–Trinajstić information content (AvgIpc) is 2.61. The topological polar surface area (TPSA) is 40.5 Å². The standard InChI is InChI=1S/C20H17NO2/c22-20(23)21(18-14-8-3-9-15-18)19(16-10-4-1-5-11-16)17-12-6-2-7-13-17/h1-15,19H,(H,22,23). The molecule has 3 nitrogen and oxygen atoms in total. The Morgan fingerprint density at radius 2 is 1.09 bits per heavy atom. The highest BCUT2D eigenvalue weighted by Crippen LogP contribution is 2.32. The van der Waals surface area contributed by atoms with Crippen LogP contribution >= 0.6 is 0 Å². The van der Waals surface area contributed by atoms with Gasteiger partial charge in [-0.05, 0) is 23.3 Å². The van der Waals surface area contributed by atoms with Crippen molar-refractivity contribution >= 4 is 11.8 Å². The van der Waals surface area contributed by atoms with Gasteiger partial charge in [-0.25, -0.2) is 4.79 Å². The molecule has 0 saturated heterocycles. The molecule has 23 heavy (non-hydrogen) atoms. The van der Waals surface area contributed by atoms with Crippen molar-refractivity contribution in [2.24, 2.45) is 0 Å². The van der Waals surface area contributed by atoms with Crippen LogP contribution in [0.25, 0.3) is 0 Å². The molecular weight excluding hydrogens is 286 g/mol. The zero-order valence-electron chi connectivity index (χ0n) is 12.5. The van der Waals surface area contributed by atoms with Gasteiger partial charge in [0.2, 0.25) is 0 Å². The lowest BCUT2D eigenvalue weighted by Crippen LogP contribution is -2.34. The molecule has 0 unspecified atom stereocenters. The molecule has 3 rings (SSSR count). The van der Waals surface area contributed by atoms with Crippen LogP contribution in [0.1, 0.15) is 17.2 Å². The number of amides is 1. The van der Waals surface area contributed by atoms with Gasteiger partial charge in [0.15, 0.2) is 0 Å². The summed E-state index contributed by atoms with van der Waals surface area (Å²) in [5, 5.41) is 9.85. The summed E-state index contributed by atoms with van der Waals surface area (Å²) in [6.45, 7) is 0. The average molecular weight is 303 g/mol. The van der Waals surface area contributed by atoms with Crippen molar-refractivity contribution in [3.63, 3.8) is 0 Å². The third-order valence-electron chi connectivity index (χ3n) is 3.73. The van der Waals surface area contributed by atoms with E-state index in [2.05, 4.69) is 0 Å². The molecule has 0 spiro atoms. The summed E-state index contributed by atoms with van der Waals surface area (Å²) in [5.41, 5.74) is 2.52. The molecule has 0 saturated carbocycles. The normalized spacial score (nSPS) is 10.5. The molecule has 0 radical (unpaired) electrons. The first kappa shape index (κ1) is 14.9. The van der Waals surface area contributed by atoms with Crippen molar-refractivity contribution in [2.45, 2.75) is 6.04 Å². The molecule has 0 aliphatic carbocycles. The minimum atomic E-state index is -0.978. The Balaban J connectivity index is 2.15. The predicted octanol–water partition coefficient (Wildman–Crippen LogP) is 4.96. The zero-order valence-corrected chi connectivity index (χ0v) is 12.5. The molecular formula is C20H17NO2. The molecule has 0 aromatic heterocycles. The second kappa shape index (κ2) is 6.79. The Bertz CT molecular complexity index is 718. The van der Waals surface area contributed by atoms with E-state index in [9.17, 15) is 9.90 Å². The number of benzene rings is 3. The van der Waals surface area contributed by atoms with Gasteiger partial charge in [0.25, 0.3) is 0 Å². The SMILES string of the molecule is O=C(O)N(c1ccccc1)C(c1ccccc1)c1ccccc1. The lowest BCUT2D eigenvalue weighted by atomic mass is 9.97. The minimum absolute atomic E-state index is 0.391. The molecule has 114 valence electrons. The van der Waals surface area contributed by atoms with Gasteiger partial charge in [-0.15, -0.1) is 0 Å². The number of nitrogens with zero attached hydrogens (tertiary/aromatic N) is 1. The Morgan fingerprint density at radius 3 is 1.48 bits per heavy atom. The number of carboxylic acid groups (broad SMARTS) is 1. The molecule has 0 bridgehead atoms. The van der Waals surface area contributed by atoms with Crippen LogP contribution in [-0.4, -0.2) is 11.2 Å². The number of para-hydroxylation sites is 1. The van der Waals surface area contributed by atoms with Crippen molar-refractivity contribution < 1.29 is 9.90 Å². The van der Waals surface area contributed by atoms with Crippen LogP contribution in [0.15, 0.2) is 91.0 Å². The first-order chi connectivity index (χ1) is 11.3. The maximum Gasteiger partial charge on any atom is 0.412 e. The summed E-state index contributed by atoms with van der Waals surface area (Å²) in [5.74, 6) is 0. The van der Waals surface area contributed by atoms with Crippen LogP contribution in [0.3, 0.4) is 0 Å². The van der Waals surface area contributed by atoms with Gasteiger partial charge < -0.3 is 5.11 Å². The van der Waals surface area contributed by atoms with Crippen molar-refractivity contribution in [3.8, 4) is 0 Å². The highest BCUT2D eigenvalue weighted by Gasteiger charge is 2.27. The fourth-order valence-corrected chi connectivity index (χ4v) is 2.72.